The van der Waals surface area contributed by atoms with Crippen molar-refractivity contribution in [2.24, 2.45) is 5.92 Å². The predicted molar refractivity (Wildman–Crippen MR) is 74.6 cm³/mol. The summed E-state index contributed by atoms with van der Waals surface area (Å²) in [6.07, 6.45) is 0.00980. The Morgan fingerprint density at radius 1 is 1.32 bits per heavy atom. The largest absolute Gasteiger partial charge is 0.462 e. The van der Waals surface area contributed by atoms with Crippen LogP contribution in [0.3, 0.4) is 0 Å². The molecule has 0 spiro atoms. The van der Waals surface area contributed by atoms with Crippen LogP contribution in [0.5, 0.6) is 0 Å². The van der Waals surface area contributed by atoms with Crippen LogP contribution in [0.15, 0.2) is 18.2 Å². The van der Waals surface area contributed by atoms with Crippen LogP contribution >= 0.6 is 0 Å². The van der Waals surface area contributed by atoms with Crippen molar-refractivity contribution in [2.45, 2.75) is 53.1 Å². The quantitative estimate of drug-likeness (QED) is 0.746. The van der Waals surface area contributed by atoms with Gasteiger partial charge in [-0.15, -0.1) is 0 Å². The minimum atomic E-state index is -0.329. The number of benzene rings is 1. The second-order valence-corrected chi connectivity index (χ2v) is 5.34. The van der Waals surface area contributed by atoms with Gasteiger partial charge in [0.15, 0.2) is 0 Å². The molecule has 1 aromatic carbocycles. The van der Waals surface area contributed by atoms with E-state index in [0.717, 1.165) is 5.56 Å². The zero-order valence-corrected chi connectivity index (χ0v) is 12.4. The molecule has 0 aromatic heterocycles. The van der Waals surface area contributed by atoms with E-state index in [9.17, 15) is 9.18 Å². The van der Waals surface area contributed by atoms with E-state index in [2.05, 4.69) is 0 Å². The number of hydrogen-bond acceptors (Lipinski definition) is 2. The Hall–Kier alpha value is -1.38. The Bertz CT molecular complexity index is 440. The summed E-state index contributed by atoms with van der Waals surface area (Å²) >= 11 is 0. The molecule has 3 heteroatoms. The Kier molecular flexibility index (Phi) is 5.52. The fourth-order valence-corrected chi connectivity index (χ4v) is 2.42. The van der Waals surface area contributed by atoms with Crippen LogP contribution in [0.2, 0.25) is 0 Å². The van der Waals surface area contributed by atoms with E-state index in [0.29, 0.717) is 12.0 Å². The highest BCUT2D eigenvalue weighted by atomic mass is 19.1. The first-order chi connectivity index (χ1) is 8.86. The molecule has 0 heterocycles. The standard InChI is InChI=1S/C16H23FO2/c1-6-15(18)19-12(5)16(10(2)3)13-8-7-11(4)9-14(13)17/h7-10,12,16H,6H2,1-5H3. The average molecular weight is 266 g/mol. The minimum Gasteiger partial charge on any atom is -0.462 e. The molecule has 2 atom stereocenters. The third kappa shape index (κ3) is 4.05. The molecule has 0 saturated carbocycles. The normalized spacial score (nSPS) is 14.3. The number of rotatable bonds is 5. The summed E-state index contributed by atoms with van der Waals surface area (Å²) in [5.74, 6) is -0.406. The van der Waals surface area contributed by atoms with Gasteiger partial charge in [0.05, 0.1) is 0 Å². The lowest BCUT2D eigenvalue weighted by atomic mass is 9.84. The Morgan fingerprint density at radius 3 is 2.42 bits per heavy atom. The van der Waals surface area contributed by atoms with Gasteiger partial charge >= 0.3 is 5.97 Å². The Balaban J connectivity index is 3.03. The van der Waals surface area contributed by atoms with Crippen LogP contribution < -0.4 is 0 Å². The van der Waals surface area contributed by atoms with E-state index >= 15 is 0 Å². The van der Waals surface area contributed by atoms with Crippen molar-refractivity contribution in [1.82, 2.24) is 0 Å². The molecule has 0 saturated heterocycles. The van der Waals surface area contributed by atoms with E-state index in [-0.39, 0.29) is 29.7 Å². The number of ether oxygens (including phenoxy) is 1. The van der Waals surface area contributed by atoms with Crippen LogP contribution in [-0.2, 0) is 9.53 Å². The molecular weight excluding hydrogens is 243 g/mol. The number of carbonyl (C=O) groups is 1. The smallest absolute Gasteiger partial charge is 0.305 e. The van der Waals surface area contributed by atoms with Crippen LogP contribution in [0, 0.1) is 18.7 Å². The molecule has 0 N–H and O–H groups in total. The van der Waals surface area contributed by atoms with E-state index in [4.69, 9.17) is 4.74 Å². The van der Waals surface area contributed by atoms with Gasteiger partial charge in [0.1, 0.15) is 11.9 Å². The zero-order valence-electron chi connectivity index (χ0n) is 12.4. The molecule has 0 aliphatic heterocycles. The monoisotopic (exact) mass is 266 g/mol. The number of carbonyl (C=O) groups excluding carboxylic acids is 1. The van der Waals surface area contributed by atoms with Crippen molar-refractivity contribution in [3.8, 4) is 0 Å². The first-order valence-electron chi connectivity index (χ1n) is 6.82. The molecule has 0 radical (unpaired) electrons. The van der Waals surface area contributed by atoms with Crippen LogP contribution in [0.4, 0.5) is 4.39 Å². The lowest BCUT2D eigenvalue weighted by molar-refractivity contribution is -0.149. The summed E-state index contributed by atoms with van der Waals surface area (Å²) in [5, 5.41) is 0. The first-order valence-corrected chi connectivity index (χ1v) is 6.82. The van der Waals surface area contributed by atoms with Crippen molar-refractivity contribution < 1.29 is 13.9 Å². The Morgan fingerprint density at radius 2 is 1.95 bits per heavy atom. The molecule has 19 heavy (non-hydrogen) atoms. The first kappa shape index (κ1) is 15.7. The summed E-state index contributed by atoms with van der Waals surface area (Å²) in [7, 11) is 0. The molecule has 2 nitrogen and oxygen atoms in total. The van der Waals surface area contributed by atoms with E-state index in [1.54, 1.807) is 13.0 Å². The van der Waals surface area contributed by atoms with Crippen molar-refractivity contribution in [2.75, 3.05) is 0 Å². The van der Waals surface area contributed by atoms with Crippen molar-refractivity contribution >= 4 is 5.97 Å². The number of esters is 1. The second-order valence-electron chi connectivity index (χ2n) is 5.34. The highest BCUT2D eigenvalue weighted by molar-refractivity contribution is 5.69. The number of halogens is 1. The fraction of sp³-hybridized carbons (Fsp3) is 0.562. The maximum Gasteiger partial charge on any atom is 0.305 e. The zero-order chi connectivity index (χ0) is 14.6. The molecule has 0 amide bonds. The van der Waals surface area contributed by atoms with Crippen molar-refractivity contribution in [3.05, 3.63) is 35.1 Å². The summed E-state index contributed by atoms with van der Waals surface area (Å²) in [5.41, 5.74) is 1.51. The third-order valence-corrected chi connectivity index (χ3v) is 3.35. The number of aryl methyl sites for hydroxylation is 1. The Labute approximate surface area is 115 Å². The molecule has 0 aliphatic rings. The number of hydrogen-bond donors (Lipinski definition) is 0. The lowest BCUT2D eigenvalue weighted by Gasteiger charge is -2.28. The summed E-state index contributed by atoms with van der Waals surface area (Å²) < 4.78 is 19.5. The summed E-state index contributed by atoms with van der Waals surface area (Å²) in [4.78, 5) is 11.4. The molecule has 2 unspecified atom stereocenters. The molecule has 1 rings (SSSR count). The molecule has 0 aliphatic carbocycles. The SMILES string of the molecule is CCC(=O)OC(C)C(c1ccc(C)cc1F)C(C)C. The second kappa shape index (κ2) is 6.69. The average Bonchev–Trinajstić information content (AvgIpc) is 2.31. The lowest BCUT2D eigenvalue weighted by Crippen LogP contribution is -2.26. The molecule has 106 valence electrons. The van der Waals surface area contributed by atoms with Gasteiger partial charge in [0.2, 0.25) is 0 Å². The van der Waals surface area contributed by atoms with Gasteiger partial charge in [-0.25, -0.2) is 4.39 Å². The maximum absolute atomic E-state index is 14.1. The fourth-order valence-electron chi connectivity index (χ4n) is 2.42. The topological polar surface area (TPSA) is 26.3 Å². The summed E-state index contributed by atoms with van der Waals surface area (Å²) in [6, 6.07) is 5.22. The van der Waals surface area contributed by atoms with Crippen molar-refractivity contribution in [3.63, 3.8) is 0 Å². The predicted octanol–water partition coefficient (Wildman–Crippen LogP) is 4.22. The minimum absolute atomic E-state index is 0.129. The van der Waals surface area contributed by atoms with E-state index in [1.807, 2.05) is 33.8 Å². The van der Waals surface area contributed by atoms with Gasteiger partial charge in [-0.2, -0.15) is 0 Å². The molecular formula is C16H23FO2. The maximum atomic E-state index is 14.1. The molecule has 0 fully saturated rings. The van der Waals surface area contributed by atoms with Crippen LogP contribution in [-0.4, -0.2) is 12.1 Å². The summed E-state index contributed by atoms with van der Waals surface area (Å²) in [6.45, 7) is 9.47. The molecule has 0 bridgehead atoms. The van der Waals surface area contributed by atoms with Gasteiger partial charge in [-0.1, -0.05) is 32.9 Å². The van der Waals surface area contributed by atoms with Gasteiger partial charge in [-0.05, 0) is 37.0 Å². The highest BCUT2D eigenvalue weighted by Gasteiger charge is 2.27. The van der Waals surface area contributed by atoms with Gasteiger partial charge in [0, 0.05) is 12.3 Å². The van der Waals surface area contributed by atoms with Gasteiger partial charge < -0.3 is 4.74 Å². The van der Waals surface area contributed by atoms with Crippen LogP contribution in [0.25, 0.3) is 0 Å². The highest BCUT2D eigenvalue weighted by Crippen LogP contribution is 2.32. The van der Waals surface area contributed by atoms with Crippen LogP contribution in [0.1, 0.15) is 51.2 Å². The molecule has 1 aromatic rings. The van der Waals surface area contributed by atoms with E-state index < -0.39 is 0 Å². The van der Waals surface area contributed by atoms with Crippen molar-refractivity contribution in [1.29, 1.82) is 0 Å². The van der Waals surface area contributed by atoms with E-state index in [1.165, 1.54) is 6.07 Å². The third-order valence-electron chi connectivity index (χ3n) is 3.35. The van der Waals surface area contributed by atoms with Gasteiger partial charge in [-0.3, -0.25) is 4.79 Å². The van der Waals surface area contributed by atoms with Gasteiger partial charge in [0.25, 0.3) is 0 Å².